The molecular formula is C11H19N3O4S. The summed E-state index contributed by atoms with van der Waals surface area (Å²) in [6.07, 6.45) is 2.34. The lowest BCUT2D eigenvalue weighted by molar-refractivity contribution is -0.141. The van der Waals surface area contributed by atoms with Gasteiger partial charge in [-0.3, -0.25) is 4.79 Å². The highest BCUT2D eigenvalue weighted by atomic mass is 32.2. The van der Waals surface area contributed by atoms with Crippen LogP contribution in [0.25, 0.3) is 0 Å². The second kappa shape index (κ2) is 6.16. The molecular weight excluding hydrogens is 270 g/mol. The van der Waals surface area contributed by atoms with E-state index in [2.05, 4.69) is 9.71 Å². The standard InChI is InChI=1S/C11H19N3O4S/c1-8(11(15)16)5-4-6-12-19(17,18)10-7-14(3)9(2)13-10/h7-8,12H,4-6H2,1-3H3,(H,15,16). The van der Waals surface area contributed by atoms with E-state index in [1.54, 1.807) is 25.5 Å². The highest BCUT2D eigenvalue weighted by molar-refractivity contribution is 7.89. The number of carboxylic acid groups (broad SMARTS) is 1. The Balaban J connectivity index is 2.50. The Morgan fingerprint density at radius 2 is 2.21 bits per heavy atom. The first-order chi connectivity index (χ1) is 8.74. The second-order valence-electron chi connectivity index (χ2n) is 4.52. The number of nitrogens with zero attached hydrogens (tertiary/aromatic N) is 2. The molecule has 0 aliphatic carbocycles. The van der Waals surface area contributed by atoms with Gasteiger partial charge >= 0.3 is 5.97 Å². The van der Waals surface area contributed by atoms with Crippen LogP contribution in [0.2, 0.25) is 0 Å². The van der Waals surface area contributed by atoms with Gasteiger partial charge in [-0.2, -0.15) is 0 Å². The zero-order valence-electron chi connectivity index (χ0n) is 11.3. The van der Waals surface area contributed by atoms with Crippen molar-refractivity contribution in [3.63, 3.8) is 0 Å². The van der Waals surface area contributed by atoms with Crippen molar-refractivity contribution in [1.82, 2.24) is 14.3 Å². The first-order valence-corrected chi connectivity index (χ1v) is 7.45. The number of carboxylic acids is 1. The third-order valence-corrected chi connectivity index (χ3v) is 4.22. The van der Waals surface area contributed by atoms with Gasteiger partial charge < -0.3 is 9.67 Å². The van der Waals surface area contributed by atoms with Crippen LogP contribution in [-0.4, -0.2) is 35.6 Å². The third kappa shape index (κ3) is 4.32. The minimum absolute atomic E-state index is 0.0150. The van der Waals surface area contributed by atoms with Gasteiger partial charge in [0.1, 0.15) is 5.82 Å². The quantitative estimate of drug-likeness (QED) is 0.712. The number of rotatable bonds is 7. The smallest absolute Gasteiger partial charge is 0.306 e. The molecule has 19 heavy (non-hydrogen) atoms. The fraction of sp³-hybridized carbons (Fsp3) is 0.636. The highest BCUT2D eigenvalue weighted by Gasteiger charge is 2.18. The summed E-state index contributed by atoms with van der Waals surface area (Å²) in [5.74, 6) is -0.732. The molecule has 0 bridgehead atoms. The maximum absolute atomic E-state index is 11.9. The molecule has 7 nitrogen and oxygen atoms in total. The summed E-state index contributed by atoms with van der Waals surface area (Å²) in [5.41, 5.74) is 0. The number of sulfonamides is 1. The molecule has 0 fully saturated rings. The monoisotopic (exact) mass is 289 g/mol. The van der Waals surface area contributed by atoms with Gasteiger partial charge in [0.2, 0.25) is 0 Å². The Labute approximate surface area is 112 Å². The SMILES string of the molecule is Cc1nc(S(=O)(=O)NCCCC(C)C(=O)O)cn1C. The number of nitrogens with one attached hydrogen (secondary N) is 1. The van der Waals surface area contributed by atoms with E-state index in [1.807, 2.05) is 0 Å². The van der Waals surface area contributed by atoms with Crippen LogP contribution < -0.4 is 4.72 Å². The van der Waals surface area contributed by atoms with Crippen molar-refractivity contribution < 1.29 is 18.3 Å². The molecule has 0 aliphatic rings. The fourth-order valence-corrected chi connectivity index (χ4v) is 2.58. The highest BCUT2D eigenvalue weighted by Crippen LogP contribution is 2.09. The molecule has 108 valence electrons. The maximum Gasteiger partial charge on any atom is 0.306 e. The van der Waals surface area contributed by atoms with Crippen LogP contribution in [0.1, 0.15) is 25.6 Å². The number of aliphatic carboxylic acids is 1. The number of aromatic nitrogens is 2. The Kier molecular flexibility index (Phi) is 5.07. The Morgan fingerprint density at radius 3 is 2.68 bits per heavy atom. The summed E-state index contributed by atoms with van der Waals surface area (Å²) in [7, 11) is -1.89. The van der Waals surface area contributed by atoms with Gasteiger partial charge in [0.15, 0.2) is 5.03 Å². The van der Waals surface area contributed by atoms with Crippen molar-refractivity contribution >= 4 is 16.0 Å². The van der Waals surface area contributed by atoms with Gasteiger partial charge in [0.25, 0.3) is 10.0 Å². The van der Waals surface area contributed by atoms with E-state index < -0.39 is 21.9 Å². The fourth-order valence-electron chi connectivity index (χ4n) is 1.47. The van der Waals surface area contributed by atoms with Gasteiger partial charge in [0, 0.05) is 19.8 Å². The predicted molar refractivity (Wildman–Crippen MR) is 69.2 cm³/mol. The van der Waals surface area contributed by atoms with Gasteiger partial charge in [-0.05, 0) is 19.8 Å². The second-order valence-corrected chi connectivity index (χ2v) is 6.23. The third-order valence-electron chi connectivity index (χ3n) is 2.89. The molecule has 1 aromatic heterocycles. The Bertz CT molecular complexity index is 531. The van der Waals surface area contributed by atoms with E-state index in [-0.39, 0.29) is 11.6 Å². The van der Waals surface area contributed by atoms with E-state index in [0.29, 0.717) is 18.7 Å². The van der Waals surface area contributed by atoms with Crippen molar-refractivity contribution in [2.24, 2.45) is 13.0 Å². The summed E-state index contributed by atoms with van der Waals surface area (Å²) in [6.45, 7) is 3.52. The van der Waals surface area contributed by atoms with E-state index >= 15 is 0 Å². The lowest BCUT2D eigenvalue weighted by Gasteiger charge is -2.06. The summed E-state index contributed by atoms with van der Waals surface area (Å²) in [6, 6.07) is 0. The van der Waals surface area contributed by atoms with E-state index in [0.717, 1.165) is 0 Å². The first kappa shape index (κ1) is 15.6. The van der Waals surface area contributed by atoms with Crippen molar-refractivity contribution in [3.8, 4) is 0 Å². The minimum atomic E-state index is -3.61. The molecule has 0 saturated carbocycles. The summed E-state index contributed by atoms with van der Waals surface area (Å²) in [4.78, 5) is 14.5. The zero-order valence-corrected chi connectivity index (χ0v) is 12.1. The summed E-state index contributed by atoms with van der Waals surface area (Å²) < 4.78 is 27.8. The molecule has 0 amide bonds. The average Bonchev–Trinajstić information content (AvgIpc) is 2.65. The topological polar surface area (TPSA) is 101 Å². The summed E-state index contributed by atoms with van der Waals surface area (Å²) in [5, 5.41) is 8.69. The molecule has 1 rings (SSSR count). The Morgan fingerprint density at radius 1 is 1.58 bits per heavy atom. The van der Waals surface area contributed by atoms with E-state index in [1.165, 1.54) is 6.20 Å². The molecule has 0 saturated heterocycles. The molecule has 8 heteroatoms. The maximum atomic E-state index is 11.9. The van der Waals surface area contributed by atoms with Crippen LogP contribution in [0.3, 0.4) is 0 Å². The van der Waals surface area contributed by atoms with Gasteiger partial charge in [-0.15, -0.1) is 0 Å². The van der Waals surface area contributed by atoms with Gasteiger partial charge in [0.05, 0.1) is 5.92 Å². The molecule has 0 aromatic carbocycles. The molecule has 0 aliphatic heterocycles. The molecule has 0 spiro atoms. The average molecular weight is 289 g/mol. The number of hydrogen-bond donors (Lipinski definition) is 2. The van der Waals surface area contributed by atoms with Crippen molar-refractivity contribution in [2.75, 3.05) is 6.54 Å². The van der Waals surface area contributed by atoms with Crippen LogP contribution in [0.5, 0.6) is 0 Å². The van der Waals surface area contributed by atoms with Crippen LogP contribution in [0.4, 0.5) is 0 Å². The van der Waals surface area contributed by atoms with E-state index in [4.69, 9.17) is 5.11 Å². The van der Waals surface area contributed by atoms with Crippen molar-refractivity contribution in [1.29, 1.82) is 0 Å². The molecule has 1 atom stereocenters. The number of hydrogen-bond acceptors (Lipinski definition) is 4. The predicted octanol–water partition coefficient (Wildman–Crippen LogP) is 0.508. The van der Waals surface area contributed by atoms with E-state index in [9.17, 15) is 13.2 Å². The van der Waals surface area contributed by atoms with Gasteiger partial charge in [-0.1, -0.05) is 6.92 Å². The molecule has 0 radical (unpaired) electrons. The van der Waals surface area contributed by atoms with Crippen LogP contribution in [0, 0.1) is 12.8 Å². The first-order valence-electron chi connectivity index (χ1n) is 5.96. The summed E-state index contributed by atoms with van der Waals surface area (Å²) >= 11 is 0. The molecule has 1 aromatic rings. The molecule has 1 heterocycles. The largest absolute Gasteiger partial charge is 0.481 e. The normalized spacial score (nSPS) is 13.4. The molecule has 2 N–H and O–H groups in total. The lowest BCUT2D eigenvalue weighted by Crippen LogP contribution is -2.25. The Hall–Kier alpha value is -1.41. The zero-order chi connectivity index (χ0) is 14.6. The number of carbonyl (C=O) groups is 1. The van der Waals surface area contributed by atoms with Crippen LogP contribution in [-0.2, 0) is 21.9 Å². The van der Waals surface area contributed by atoms with Gasteiger partial charge in [-0.25, -0.2) is 18.1 Å². The van der Waals surface area contributed by atoms with Crippen LogP contribution in [0.15, 0.2) is 11.2 Å². The molecule has 1 unspecified atom stereocenters. The van der Waals surface area contributed by atoms with Crippen molar-refractivity contribution in [2.45, 2.75) is 31.7 Å². The number of imidazole rings is 1. The lowest BCUT2D eigenvalue weighted by atomic mass is 10.1. The minimum Gasteiger partial charge on any atom is -0.481 e. The van der Waals surface area contributed by atoms with Crippen molar-refractivity contribution in [3.05, 3.63) is 12.0 Å². The number of aryl methyl sites for hydroxylation is 2. The van der Waals surface area contributed by atoms with Crippen LogP contribution >= 0.6 is 0 Å².